The number of benzene rings is 1. The lowest BCUT2D eigenvalue weighted by Gasteiger charge is -2.39. The first-order chi connectivity index (χ1) is 11.0. The molecule has 0 bridgehead atoms. The summed E-state index contributed by atoms with van der Waals surface area (Å²) in [5.41, 5.74) is 1.87. The van der Waals surface area contributed by atoms with Gasteiger partial charge in [0.05, 0.1) is 19.6 Å². The van der Waals surface area contributed by atoms with Crippen molar-refractivity contribution in [2.45, 2.75) is 31.8 Å². The molecule has 0 saturated heterocycles. The van der Waals surface area contributed by atoms with Crippen LogP contribution in [-0.4, -0.2) is 48.8 Å². The Labute approximate surface area is 136 Å². The standard InChI is InChI=1S/C17H24N2O4/c1-3-17(12-18-16(22)19(2)10-8-15(20)21)14-7-5-4-6-13(14)9-11-23-17/h4-7H,3,8-12H2,1-2H3,(H,18,22)(H,20,21). The monoisotopic (exact) mass is 320 g/mol. The topological polar surface area (TPSA) is 78.9 Å². The first-order valence-electron chi connectivity index (χ1n) is 7.91. The van der Waals surface area contributed by atoms with E-state index in [1.54, 1.807) is 7.05 Å². The second-order valence-electron chi connectivity index (χ2n) is 5.83. The molecule has 1 aliphatic heterocycles. The molecule has 0 fully saturated rings. The molecular weight excluding hydrogens is 296 g/mol. The number of hydrogen-bond acceptors (Lipinski definition) is 3. The second kappa shape index (κ2) is 7.46. The molecule has 23 heavy (non-hydrogen) atoms. The molecule has 6 heteroatoms. The van der Waals surface area contributed by atoms with Crippen molar-refractivity contribution in [1.82, 2.24) is 10.2 Å². The summed E-state index contributed by atoms with van der Waals surface area (Å²) in [4.78, 5) is 24.1. The predicted molar refractivity (Wildman–Crippen MR) is 86.3 cm³/mol. The van der Waals surface area contributed by atoms with Gasteiger partial charge in [-0.3, -0.25) is 4.79 Å². The molecule has 0 saturated carbocycles. The molecule has 1 heterocycles. The van der Waals surface area contributed by atoms with Crippen molar-refractivity contribution < 1.29 is 19.4 Å². The van der Waals surface area contributed by atoms with Crippen LogP contribution in [0.25, 0.3) is 0 Å². The van der Waals surface area contributed by atoms with Gasteiger partial charge in [0.1, 0.15) is 5.60 Å². The quantitative estimate of drug-likeness (QED) is 0.840. The van der Waals surface area contributed by atoms with Crippen molar-refractivity contribution in [1.29, 1.82) is 0 Å². The molecule has 2 rings (SSSR count). The molecule has 1 atom stereocenters. The zero-order valence-electron chi connectivity index (χ0n) is 13.7. The highest BCUT2D eigenvalue weighted by atomic mass is 16.5. The van der Waals surface area contributed by atoms with E-state index >= 15 is 0 Å². The number of urea groups is 1. The summed E-state index contributed by atoms with van der Waals surface area (Å²) in [5, 5.41) is 11.6. The van der Waals surface area contributed by atoms with Crippen LogP contribution in [0.4, 0.5) is 4.79 Å². The Kier molecular flexibility index (Phi) is 5.60. The molecule has 0 radical (unpaired) electrons. The van der Waals surface area contributed by atoms with Gasteiger partial charge in [0.2, 0.25) is 0 Å². The molecule has 1 aromatic carbocycles. The SMILES string of the molecule is CCC1(CNC(=O)N(C)CCC(=O)O)OCCc2ccccc21. The van der Waals surface area contributed by atoms with Gasteiger partial charge >= 0.3 is 12.0 Å². The Morgan fingerprint density at radius 1 is 1.39 bits per heavy atom. The number of hydrogen-bond donors (Lipinski definition) is 2. The van der Waals surface area contributed by atoms with Gasteiger partial charge in [-0.15, -0.1) is 0 Å². The minimum absolute atomic E-state index is 0.0673. The second-order valence-corrected chi connectivity index (χ2v) is 5.83. The van der Waals surface area contributed by atoms with Crippen LogP contribution in [0.1, 0.15) is 30.9 Å². The molecule has 0 spiro atoms. The lowest BCUT2D eigenvalue weighted by molar-refractivity contribution is -0.137. The van der Waals surface area contributed by atoms with E-state index in [9.17, 15) is 9.59 Å². The summed E-state index contributed by atoms with van der Waals surface area (Å²) >= 11 is 0. The normalized spacial score (nSPS) is 19.7. The number of fused-ring (bicyclic) bond motifs is 1. The zero-order valence-corrected chi connectivity index (χ0v) is 13.7. The molecular formula is C17H24N2O4. The number of carbonyl (C=O) groups is 2. The van der Waals surface area contributed by atoms with Crippen molar-refractivity contribution in [3.8, 4) is 0 Å². The highest BCUT2D eigenvalue weighted by molar-refractivity contribution is 5.75. The molecule has 1 aliphatic rings. The smallest absolute Gasteiger partial charge is 0.317 e. The first-order valence-corrected chi connectivity index (χ1v) is 7.91. The molecule has 126 valence electrons. The van der Waals surface area contributed by atoms with E-state index in [2.05, 4.69) is 17.4 Å². The van der Waals surface area contributed by atoms with Gasteiger partial charge in [0.15, 0.2) is 0 Å². The van der Waals surface area contributed by atoms with E-state index in [0.29, 0.717) is 13.2 Å². The van der Waals surface area contributed by atoms with Crippen molar-refractivity contribution in [2.24, 2.45) is 0 Å². The highest BCUT2D eigenvalue weighted by Gasteiger charge is 2.36. The summed E-state index contributed by atoms with van der Waals surface area (Å²) in [6.07, 6.45) is 1.57. The molecule has 1 aromatic rings. The van der Waals surface area contributed by atoms with E-state index in [1.807, 2.05) is 19.1 Å². The maximum Gasteiger partial charge on any atom is 0.317 e. The number of rotatable bonds is 6. The lowest BCUT2D eigenvalue weighted by atomic mass is 9.84. The molecule has 2 N–H and O–H groups in total. The Bertz CT molecular complexity index is 575. The van der Waals surface area contributed by atoms with Crippen LogP contribution >= 0.6 is 0 Å². The summed E-state index contributed by atoms with van der Waals surface area (Å²) < 4.78 is 6.04. The molecule has 2 amide bonds. The number of nitrogens with zero attached hydrogens (tertiary/aromatic N) is 1. The van der Waals surface area contributed by atoms with Crippen LogP contribution in [0, 0.1) is 0 Å². The fourth-order valence-corrected chi connectivity index (χ4v) is 2.90. The maximum absolute atomic E-state index is 12.1. The molecule has 0 aromatic heterocycles. The number of aliphatic carboxylic acids is 1. The van der Waals surface area contributed by atoms with Crippen LogP contribution in [-0.2, 0) is 21.6 Å². The third-order valence-corrected chi connectivity index (χ3v) is 4.36. The van der Waals surface area contributed by atoms with Crippen LogP contribution in [0.5, 0.6) is 0 Å². The Morgan fingerprint density at radius 2 is 2.13 bits per heavy atom. The number of amides is 2. The molecule has 0 aliphatic carbocycles. The van der Waals surface area contributed by atoms with E-state index in [1.165, 1.54) is 10.5 Å². The number of carboxylic acids is 1. The van der Waals surface area contributed by atoms with Gasteiger partial charge in [-0.05, 0) is 24.0 Å². The van der Waals surface area contributed by atoms with E-state index in [-0.39, 0.29) is 19.0 Å². The number of ether oxygens (including phenoxy) is 1. The maximum atomic E-state index is 12.1. The number of carbonyl (C=O) groups excluding carboxylic acids is 1. The van der Waals surface area contributed by atoms with Crippen LogP contribution in [0.2, 0.25) is 0 Å². The third kappa shape index (κ3) is 4.01. The fourth-order valence-electron chi connectivity index (χ4n) is 2.90. The first kappa shape index (κ1) is 17.3. The molecule has 1 unspecified atom stereocenters. The Balaban J connectivity index is 2.03. The Hall–Kier alpha value is -2.08. The van der Waals surface area contributed by atoms with Gasteiger partial charge in [0.25, 0.3) is 0 Å². The fraction of sp³-hybridized carbons (Fsp3) is 0.529. The minimum atomic E-state index is -0.917. The van der Waals surface area contributed by atoms with E-state index in [0.717, 1.165) is 18.4 Å². The highest BCUT2D eigenvalue weighted by Crippen LogP contribution is 2.35. The van der Waals surface area contributed by atoms with Crippen LogP contribution < -0.4 is 5.32 Å². The van der Waals surface area contributed by atoms with Gasteiger partial charge in [-0.25, -0.2) is 4.79 Å². The summed E-state index contributed by atoms with van der Waals surface area (Å²) in [6, 6.07) is 7.87. The summed E-state index contributed by atoms with van der Waals surface area (Å²) in [7, 11) is 1.59. The van der Waals surface area contributed by atoms with Gasteiger partial charge in [-0.2, -0.15) is 0 Å². The average Bonchev–Trinajstić information content (AvgIpc) is 2.57. The van der Waals surface area contributed by atoms with Crippen LogP contribution in [0.15, 0.2) is 24.3 Å². The number of nitrogens with one attached hydrogen (secondary N) is 1. The van der Waals surface area contributed by atoms with Crippen molar-refractivity contribution >= 4 is 12.0 Å². The zero-order chi connectivity index (χ0) is 16.9. The van der Waals surface area contributed by atoms with Crippen molar-refractivity contribution in [3.05, 3.63) is 35.4 Å². The van der Waals surface area contributed by atoms with Crippen molar-refractivity contribution in [2.75, 3.05) is 26.7 Å². The largest absolute Gasteiger partial charge is 0.481 e. The van der Waals surface area contributed by atoms with Crippen molar-refractivity contribution in [3.63, 3.8) is 0 Å². The van der Waals surface area contributed by atoms with Crippen LogP contribution in [0.3, 0.4) is 0 Å². The summed E-state index contributed by atoms with van der Waals surface area (Å²) in [5.74, 6) is -0.917. The minimum Gasteiger partial charge on any atom is -0.481 e. The lowest BCUT2D eigenvalue weighted by Crippen LogP contribution is -2.48. The predicted octanol–water partition coefficient (Wildman–Crippen LogP) is 1.98. The number of carboxylic acid groups (broad SMARTS) is 1. The average molecular weight is 320 g/mol. The molecule has 6 nitrogen and oxygen atoms in total. The van der Waals surface area contributed by atoms with E-state index < -0.39 is 11.6 Å². The van der Waals surface area contributed by atoms with Gasteiger partial charge < -0.3 is 20.1 Å². The van der Waals surface area contributed by atoms with Gasteiger partial charge in [-0.1, -0.05) is 31.2 Å². The third-order valence-electron chi connectivity index (χ3n) is 4.36. The van der Waals surface area contributed by atoms with Gasteiger partial charge in [0, 0.05) is 13.6 Å². The van der Waals surface area contributed by atoms with E-state index in [4.69, 9.17) is 9.84 Å². The summed E-state index contributed by atoms with van der Waals surface area (Å²) in [6.45, 7) is 3.23. The Morgan fingerprint density at radius 3 is 2.83 bits per heavy atom.